The van der Waals surface area contributed by atoms with E-state index in [0.717, 1.165) is 6.54 Å². The zero-order chi connectivity index (χ0) is 11.3. The molecule has 0 fully saturated rings. The number of aromatic nitrogens is 2. The van der Waals surface area contributed by atoms with E-state index in [-0.39, 0.29) is 0 Å². The summed E-state index contributed by atoms with van der Waals surface area (Å²) in [4.78, 5) is 0. The molecule has 0 atom stereocenters. The first-order chi connectivity index (χ1) is 7.17. The fourth-order valence-electron chi connectivity index (χ4n) is 1.59. The molecule has 0 aromatic carbocycles. The van der Waals surface area contributed by atoms with Gasteiger partial charge < -0.3 is 5.32 Å². The minimum Gasteiger partial charge on any atom is -0.310 e. The predicted octanol–water partition coefficient (Wildman–Crippen LogP) is 2.74. The van der Waals surface area contributed by atoms with Crippen molar-refractivity contribution in [1.82, 2.24) is 15.1 Å². The van der Waals surface area contributed by atoms with Gasteiger partial charge in [0.2, 0.25) is 0 Å². The van der Waals surface area contributed by atoms with E-state index in [1.165, 1.54) is 18.4 Å². The number of rotatable bonds is 6. The first-order valence-electron chi connectivity index (χ1n) is 5.93. The fourth-order valence-corrected chi connectivity index (χ4v) is 1.59. The topological polar surface area (TPSA) is 29.9 Å². The molecule has 0 amide bonds. The van der Waals surface area contributed by atoms with Crippen molar-refractivity contribution < 1.29 is 0 Å². The van der Waals surface area contributed by atoms with Crippen LogP contribution in [-0.2, 0) is 6.54 Å². The lowest BCUT2D eigenvalue weighted by Crippen LogP contribution is -2.26. The van der Waals surface area contributed by atoms with Gasteiger partial charge in [-0.15, -0.1) is 0 Å². The second-order valence-corrected chi connectivity index (χ2v) is 4.32. The smallest absolute Gasteiger partial charge is 0.0534 e. The summed E-state index contributed by atoms with van der Waals surface area (Å²) in [5, 5.41) is 7.86. The SMILES string of the molecule is CCC(CC)NCc1cnn(C(C)C)c1. The fraction of sp³-hybridized carbons (Fsp3) is 0.750. The molecule has 3 heteroatoms. The molecule has 0 unspecified atom stereocenters. The van der Waals surface area contributed by atoms with Crippen molar-refractivity contribution >= 4 is 0 Å². The molecule has 0 aliphatic carbocycles. The molecule has 0 bridgehead atoms. The van der Waals surface area contributed by atoms with Gasteiger partial charge in [-0.2, -0.15) is 5.10 Å². The van der Waals surface area contributed by atoms with Crippen LogP contribution in [0.2, 0.25) is 0 Å². The summed E-state index contributed by atoms with van der Waals surface area (Å²) in [6.45, 7) is 9.66. The maximum atomic E-state index is 4.32. The third kappa shape index (κ3) is 3.67. The van der Waals surface area contributed by atoms with Crippen LogP contribution in [0.3, 0.4) is 0 Å². The summed E-state index contributed by atoms with van der Waals surface area (Å²) in [6, 6.07) is 1.08. The summed E-state index contributed by atoms with van der Waals surface area (Å²) in [5.41, 5.74) is 1.27. The van der Waals surface area contributed by atoms with Crippen LogP contribution in [-0.4, -0.2) is 15.8 Å². The molecule has 1 aromatic rings. The van der Waals surface area contributed by atoms with Crippen LogP contribution in [0.25, 0.3) is 0 Å². The monoisotopic (exact) mass is 209 g/mol. The lowest BCUT2D eigenvalue weighted by atomic mass is 10.1. The number of nitrogens with zero attached hydrogens (tertiary/aromatic N) is 2. The minimum atomic E-state index is 0.451. The Morgan fingerprint density at radius 2 is 2.00 bits per heavy atom. The van der Waals surface area contributed by atoms with Crippen molar-refractivity contribution in [3.8, 4) is 0 Å². The Labute approximate surface area is 92.9 Å². The van der Waals surface area contributed by atoms with Crippen molar-refractivity contribution in [2.45, 2.75) is 59.2 Å². The molecule has 0 aliphatic heterocycles. The summed E-state index contributed by atoms with van der Waals surface area (Å²) >= 11 is 0. The molecule has 0 radical (unpaired) electrons. The lowest BCUT2D eigenvalue weighted by molar-refractivity contribution is 0.483. The second-order valence-electron chi connectivity index (χ2n) is 4.32. The molecule has 1 rings (SSSR count). The van der Waals surface area contributed by atoms with E-state index in [9.17, 15) is 0 Å². The van der Waals surface area contributed by atoms with Gasteiger partial charge in [-0.3, -0.25) is 4.68 Å². The Kier molecular flexibility index (Phi) is 4.82. The summed E-state index contributed by atoms with van der Waals surface area (Å²) in [6.07, 6.45) is 6.46. The highest BCUT2D eigenvalue weighted by atomic mass is 15.3. The molecule has 1 N–H and O–H groups in total. The Hall–Kier alpha value is -0.830. The molecule has 0 saturated heterocycles. The normalized spacial score (nSPS) is 11.6. The van der Waals surface area contributed by atoms with E-state index < -0.39 is 0 Å². The van der Waals surface area contributed by atoms with Crippen molar-refractivity contribution in [2.75, 3.05) is 0 Å². The molecule has 0 aliphatic rings. The summed E-state index contributed by atoms with van der Waals surface area (Å²) in [5.74, 6) is 0. The van der Waals surface area contributed by atoms with Gasteiger partial charge in [0.15, 0.2) is 0 Å². The van der Waals surface area contributed by atoms with Gasteiger partial charge in [-0.25, -0.2) is 0 Å². The van der Waals surface area contributed by atoms with Gasteiger partial charge >= 0.3 is 0 Å². The number of nitrogens with one attached hydrogen (secondary N) is 1. The van der Waals surface area contributed by atoms with Crippen LogP contribution in [0.1, 0.15) is 52.1 Å². The first-order valence-corrected chi connectivity index (χ1v) is 5.93. The molecule has 1 aromatic heterocycles. The molecule has 1 heterocycles. The van der Waals surface area contributed by atoms with Crippen molar-refractivity contribution in [1.29, 1.82) is 0 Å². The molecule has 0 saturated carbocycles. The summed E-state index contributed by atoms with van der Waals surface area (Å²) in [7, 11) is 0. The standard InChI is InChI=1S/C12H23N3/c1-5-12(6-2)13-7-11-8-14-15(9-11)10(3)4/h8-10,12-13H,5-7H2,1-4H3. The van der Waals surface area contributed by atoms with Crippen LogP contribution in [0.15, 0.2) is 12.4 Å². The average Bonchev–Trinajstić information content (AvgIpc) is 2.68. The van der Waals surface area contributed by atoms with E-state index >= 15 is 0 Å². The lowest BCUT2D eigenvalue weighted by Gasteiger charge is -2.13. The second kappa shape index (κ2) is 5.91. The largest absolute Gasteiger partial charge is 0.310 e. The molecule has 3 nitrogen and oxygen atoms in total. The molecular weight excluding hydrogens is 186 g/mol. The van der Waals surface area contributed by atoms with Crippen molar-refractivity contribution in [3.05, 3.63) is 18.0 Å². The number of hydrogen-bond donors (Lipinski definition) is 1. The summed E-state index contributed by atoms with van der Waals surface area (Å²) < 4.78 is 2.00. The van der Waals surface area contributed by atoms with E-state index in [1.54, 1.807) is 0 Å². The average molecular weight is 209 g/mol. The van der Waals surface area contributed by atoms with Crippen LogP contribution < -0.4 is 5.32 Å². The van der Waals surface area contributed by atoms with Crippen LogP contribution >= 0.6 is 0 Å². The molecule has 86 valence electrons. The molecular formula is C12H23N3. The van der Waals surface area contributed by atoms with Gasteiger partial charge in [-0.1, -0.05) is 13.8 Å². The third-order valence-corrected chi connectivity index (χ3v) is 2.76. The zero-order valence-electron chi connectivity index (χ0n) is 10.3. The van der Waals surface area contributed by atoms with E-state index in [2.05, 4.69) is 44.3 Å². The van der Waals surface area contributed by atoms with Crippen molar-refractivity contribution in [3.63, 3.8) is 0 Å². The van der Waals surface area contributed by atoms with Crippen molar-refractivity contribution in [2.24, 2.45) is 0 Å². The Balaban J connectivity index is 2.43. The molecule has 0 spiro atoms. The van der Waals surface area contributed by atoms with Crippen LogP contribution in [0.4, 0.5) is 0 Å². The Morgan fingerprint density at radius 3 is 2.47 bits per heavy atom. The zero-order valence-corrected chi connectivity index (χ0v) is 10.3. The maximum Gasteiger partial charge on any atom is 0.0534 e. The minimum absolute atomic E-state index is 0.451. The predicted molar refractivity (Wildman–Crippen MR) is 63.8 cm³/mol. The van der Waals surface area contributed by atoms with Crippen LogP contribution in [0, 0.1) is 0 Å². The Bertz CT molecular complexity index is 274. The maximum absolute atomic E-state index is 4.32. The first kappa shape index (κ1) is 12.2. The van der Waals surface area contributed by atoms with Gasteiger partial charge in [0.05, 0.1) is 6.20 Å². The van der Waals surface area contributed by atoms with Gasteiger partial charge in [0.25, 0.3) is 0 Å². The van der Waals surface area contributed by atoms with E-state index in [1.807, 2.05) is 10.9 Å². The van der Waals surface area contributed by atoms with E-state index in [0.29, 0.717) is 12.1 Å². The number of hydrogen-bond acceptors (Lipinski definition) is 2. The van der Waals surface area contributed by atoms with Gasteiger partial charge in [0, 0.05) is 30.4 Å². The van der Waals surface area contributed by atoms with Gasteiger partial charge in [-0.05, 0) is 26.7 Å². The third-order valence-electron chi connectivity index (χ3n) is 2.76. The molecule has 15 heavy (non-hydrogen) atoms. The van der Waals surface area contributed by atoms with Gasteiger partial charge in [0.1, 0.15) is 0 Å². The van der Waals surface area contributed by atoms with E-state index in [4.69, 9.17) is 0 Å². The quantitative estimate of drug-likeness (QED) is 0.780. The van der Waals surface area contributed by atoms with Crippen LogP contribution in [0.5, 0.6) is 0 Å². The highest BCUT2D eigenvalue weighted by Crippen LogP contribution is 2.06. The highest BCUT2D eigenvalue weighted by Gasteiger charge is 2.04. The Morgan fingerprint density at radius 1 is 1.33 bits per heavy atom. The highest BCUT2D eigenvalue weighted by molar-refractivity contribution is 5.04.